The first-order chi connectivity index (χ1) is 8.56. The van der Waals surface area contributed by atoms with Crippen LogP contribution in [-0.2, 0) is 0 Å². The number of rotatable bonds is 3. The summed E-state index contributed by atoms with van der Waals surface area (Å²) < 4.78 is 2.93. The van der Waals surface area contributed by atoms with Gasteiger partial charge in [0.2, 0.25) is 0 Å². The fourth-order valence-corrected chi connectivity index (χ4v) is 2.16. The fraction of sp³-hybridized carbons (Fsp3) is 0.385. The van der Waals surface area contributed by atoms with Gasteiger partial charge in [-0.05, 0) is 49.8 Å². The van der Waals surface area contributed by atoms with Crippen molar-refractivity contribution in [3.8, 4) is 5.82 Å². The summed E-state index contributed by atoms with van der Waals surface area (Å²) in [6.07, 6.45) is 1.80. The molecule has 5 heteroatoms. The van der Waals surface area contributed by atoms with Gasteiger partial charge >= 0.3 is 0 Å². The number of halogens is 1. The predicted molar refractivity (Wildman–Crippen MR) is 76.0 cm³/mol. The average Bonchev–Trinajstić information content (AvgIpc) is 2.65. The molecular formula is C13H17BrN4. The van der Waals surface area contributed by atoms with E-state index in [0.29, 0.717) is 0 Å². The van der Waals surface area contributed by atoms with Crippen LogP contribution < -0.4 is 5.32 Å². The van der Waals surface area contributed by atoms with Crippen molar-refractivity contribution in [3.05, 3.63) is 39.8 Å². The van der Waals surface area contributed by atoms with E-state index in [1.54, 1.807) is 6.20 Å². The summed E-state index contributed by atoms with van der Waals surface area (Å²) in [6, 6.07) is 4.26. The van der Waals surface area contributed by atoms with Gasteiger partial charge in [0.15, 0.2) is 5.82 Å². The van der Waals surface area contributed by atoms with Crippen LogP contribution >= 0.6 is 15.9 Å². The molecule has 0 radical (unpaired) electrons. The molecule has 2 heterocycles. The van der Waals surface area contributed by atoms with Crippen molar-refractivity contribution >= 4 is 15.9 Å². The van der Waals surface area contributed by atoms with Gasteiger partial charge in [-0.1, -0.05) is 6.07 Å². The molecule has 0 saturated heterocycles. The van der Waals surface area contributed by atoms with Crippen molar-refractivity contribution in [2.75, 3.05) is 7.05 Å². The van der Waals surface area contributed by atoms with E-state index in [1.165, 1.54) is 0 Å². The van der Waals surface area contributed by atoms with Crippen LogP contribution in [-0.4, -0.2) is 21.8 Å². The highest BCUT2D eigenvalue weighted by Gasteiger charge is 2.16. The van der Waals surface area contributed by atoms with E-state index in [0.717, 1.165) is 27.2 Å². The Hall–Kier alpha value is -1.20. The summed E-state index contributed by atoms with van der Waals surface area (Å²) in [7, 11) is 1.94. The van der Waals surface area contributed by atoms with E-state index in [-0.39, 0.29) is 6.04 Å². The van der Waals surface area contributed by atoms with Gasteiger partial charge in [0, 0.05) is 17.8 Å². The second-order valence-corrected chi connectivity index (χ2v) is 5.12. The molecule has 2 aromatic rings. The Labute approximate surface area is 116 Å². The molecule has 2 rings (SSSR count). The maximum Gasteiger partial charge on any atom is 0.158 e. The summed E-state index contributed by atoms with van der Waals surface area (Å²) >= 11 is 3.55. The molecule has 18 heavy (non-hydrogen) atoms. The first-order valence-corrected chi connectivity index (χ1v) is 6.69. The SMILES string of the molecule is CNC(C)c1cccnc1-n1nc(C)c(Br)c1C. The van der Waals surface area contributed by atoms with E-state index in [4.69, 9.17) is 0 Å². The van der Waals surface area contributed by atoms with Gasteiger partial charge in [0.05, 0.1) is 15.9 Å². The molecule has 0 spiro atoms. The lowest BCUT2D eigenvalue weighted by Crippen LogP contribution is -2.16. The highest BCUT2D eigenvalue weighted by molar-refractivity contribution is 9.10. The quantitative estimate of drug-likeness (QED) is 0.948. The van der Waals surface area contributed by atoms with Crippen LogP contribution in [0, 0.1) is 13.8 Å². The van der Waals surface area contributed by atoms with E-state index < -0.39 is 0 Å². The third-order valence-electron chi connectivity index (χ3n) is 3.12. The number of nitrogens with one attached hydrogen (secondary N) is 1. The number of aromatic nitrogens is 3. The third kappa shape index (κ3) is 2.20. The molecule has 1 N–H and O–H groups in total. The van der Waals surface area contributed by atoms with Gasteiger partial charge in [0.25, 0.3) is 0 Å². The fourth-order valence-electron chi connectivity index (χ4n) is 1.91. The normalized spacial score (nSPS) is 12.7. The Morgan fingerprint density at radius 2 is 2.11 bits per heavy atom. The van der Waals surface area contributed by atoms with Gasteiger partial charge in [-0.2, -0.15) is 5.10 Å². The minimum atomic E-state index is 0.233. The van der Waals surface area contributed by atoms with Crippen LogP contribution in [0.25, 0.3) is 5.82 Å². The van der Waals surface area contributed by atoms with Crippen LogP contribution in [0.5, 0.6) is 0 Å². The molecule has 1 unspecified atom stereocenters. The Kier molecular flexibility index (Phi) is 3.82. The van der Waals surface area contributed by atoms with Gasteiger partial charge in [-0.15, -0.1) is 0 Å². The number of aryl methyl sites for hydroxylation is 1. The molecule has 0 bridgehead atoms. The summed E-state index contributed by atoms with van der Waals surface area (Å²) in [5, 5.41) is 7.78. The highest BCUT2D eigenvalue weighted by atomic mass is 79.9. The minimum Gasteiger partial charge on any atom is -0.313 e. The standard InChI is InChI=1S/C13H17BrN4/c1-8(15-4)11-6-5-7-16-13(11)18-10(3)12(14)9(2)17-18/h5-8,15H,1-4H3. The Morgan fingerprint density at radius 1 is 1.39 bits per heavy atom. The Morgan fingerprint density at radius 3 is 2.67 bits per heavy atom. The number of hydrogen-bond acceptors (Lipinski definition) is 3. The first-order valence-electron chi connectivity index (χ1n) is 5.90. The second-order valence-electron chi connectivity index (χ2n) is 4.32. The minimum absolute atomic E-state index is 0.233. The Bertz CT molecular complexity index is 562. The lowest BCUT2D eigenvalue weighted by molar-refractivity contribution is 0.636. The molecule has 96 valence electrons. The summed E-state index contributed by atoms with van der Waals surface area (Å²) in [6.45, 7) is 6.13. The van der Waals surface area contributed by atoms with Gasteiger partial charge in [-0.3, -0.25) is 0 Å². The van der Waals surface area contributed by atoms with Crippen molar-refractivity contribution < 1.29 is 0 Å². The topological polar surface area (TPSA) is 42.7 Å². The van der Waals surface area contributed by atoms with Crippen molar-refractivity contribution in [2.45, 2.75) is 26.8 Å². The van der Waals surface area contributed by atoms with Gasteiger partial charge < -0.3 is 5.32 Å². The van der Waals surface area contributed by atoms with E-state index >= 15 is 0 Å². The molecule has 0 aromatic carbocycles. The molecular weight excluding hydrogens is 292 g/mol. The van der Waals surface area contributed by atoms with Crippen molar-refractivity contribution in [1.29, 1.82) is 0 Å². The van der Waals surface area contributed by atoms with Crippen LogP contribution in [0.2, 0.25) is 0 Å². The van der Waals surface area contributed by atoms with Gasteiger partial charge in [0.1, 0.15) is 0 Å². The summed E-state index contributed by atoms with van der Waals surface area (Å²) in [5.74, 6) is 0.880. The number of hydrogen-bond donors (Lipinski definition) is 1. The largest absolute Gasteiger partial charge is 0.313 e. The molecule has 1 atom stereocenters. The number of pyridine rings is 1. The van der Waals surface area contributed by atoms with E-state index in [2.05, 4.69) is 44.3 Å². The third-order valence-corrected chi connectivity index (χ3v) is 4.27. The van der Waals surface area contributed by atoms with Crippen molar-refractivity contribution in [2.24, 2.45) is 0 Å². The van der Waals surface area contributed by atoms with Crippen LogP contribution in [0.15, 0.2) is 22.8 Å². The average molecular weight is 309 g/mol. The molecule has 0 aliphatic heterocycles. The Balaban J connectivity index is 2.60. The molecule has 2 aromatic heterocycles. The summed E-state index contributed by atoms with van der Waals surface area (Å²) in [4.78, 5) is 4.47. The first kappa shape index (κ1) is 13.2. The van der Waals surface area contributed by atoms with Crippen LogP contribution in [0.1, 0.15) is 29.9 Å². The van der Waals surface area contributed by atoms with E-state index in [1.807, 2.05) is 31.6 Å². The lowest BCUT2D eigenvalue weighted by atomic mass is 10.1. The predicted octanol–water partition coefficient (Wildman–Crippen LogP) is 2.93. The molecule has 0 amide bonds. The van der Waals surface area contributed by atoms with Crippen molar-refractivity contribution in [3.63, 3.8) is 0 Å². The zero-order valence-electron chi connectivity index (χ0n) is 11.0. The van der Waals surface area contributed by atoms with Crippen molar-refractivity contribution in [1.82, 2.24) is 20.1 Å². The molecule has 0 aliphatic carbocycles. The summed E-state index contributed by atoms with van der Waals surface area (Å²) in [5.41, 5.74) is 3.18. The monoisotopic (exact) mass is 308 g/mol. The van der Waals surface area contributed by atoms with Crippen LogP contribution in [0.4, 0.5) is 0 Å². The molecule has 0 saturated carbocycles. The van der Waals surface area contributed by atoms with Gasteiger partial charge in [-0.25, -0.2) is 9.67 Å². The zero-order valence-corrected chi connectivity index (χ0v) is 12.6. The number of nitrogens with zero attached hydrogens (tertiary/aromatic N) is 3. The lowest BCUT2D eigenvalue weighted by Gasteiger charge is -2.15. The molecule has 0 aliphatic rings. The van der Waals surface area contributed by atoms with E-state index in [9.17, 15) is 0 Å². The zero-order chi connectivity index (χ0) is 13.3. The maximum atomic E-state index is 4.54. The second kappa shape index (κ2) is 5.20. The maximum absolute atomic E-state index is 4.54. The molecule has 4 nitrogen and oxygen atoms in total. The molecule has 0 fully saturated rings. The highest BCUT2D eigenvalue weighted by Crippen LogP contribution is 2.25. The smallest absolute Gasteiger partial charge is 0.158 e. The van der Waals surface area contributed by atoms with Crippen LogP contribution in [0.3, 0.4) is 0 Å².